The first-order valence-electron chi connectivity index (χ1n) is 8.15. The van der Waals surface area contributed by atoms with Crippen molar-refractivity contribution in [1.29, 1.82) is 0 Å². The topological polar surface area (TPSA) is 58.4 Å². The van der Waals surface area contributed by atoms with Gasteiger partial charge in [-0.1, -0.05) is 30.0 Å². The molecule has 0 spiro atoms. The molecule has 0 amide bonds. The van der Waals surface area contributed by atoms with Gasteiger partial charge < -0.3 is 18.8 Å². The van der Waals surface area contributed by atoms with Gasteiger partial charge in [-0.15, -0.1) is 10.2 Å². The fraction of sp³-hybridized carbons (Fsp3) is 0.263. The predicted octanol–water partition coefficient (Wildman–Crippen LogP) is 3.94. The number of aromatic nitrogens is 3. The van der Waals surface area contributed by atoms with Gasteiger partial charge in [0.05, 0.1) is 21.3 Å². The van der Waals surface area contributed by atoms with Crippen LogP contribution < -0.4 is 14.2 Å². The highest BCUT2D eigenvalue weighted by atomic mass is 32.2. The molecule has 0 aliphatic carbocycles. The van der Waals surface area contributed by atoms with Crippen molar-refractivity contribution in [1.82, 2.24) is 14.8 Å². The Labute approximate surface area is 161 Å². The van der Waals surface area contributed by atoms with Gasteiger partial charge in [-0.05, 0) is 23.8 Å². The number of halogens is 1. The highest BCUT2D eigenvalue weighted by molar-refractivity contribution is 7.98. The summed E-state index contributed by atoms with van der Waals surface area (Å²) in [5.41, 5.74) is 1.40. The molecule has 0 bridgehead atoms. The number of hydrogen-bond acceptors (Lipinski definition) is 6. The monoisotopic (exact) mass is 389 g/mol. The second-order valence-corrected chi connectivity index (χ2v) is 6.60. The van der Waals surface area contributed by atoms with Crippen molar-refractivity contribution in [3.8, 4) is 28.6 Å². The minimum absolute atomic E-state index is 0.225. The average molecular weight is 389 g/mol. The summed E-state index contributed by atoms with van der Waals surface area (Å²) in [5.74, 6) is 2.47. The number of ether oxygens (including phenoxy) is 3. The Morgan fingerprint density at radius 1 is 1.00 bits per heavy atom. The van der Waals surface area contributed by atoms with Gasteiger partial charge in [0.2, 0.25) is 5.75 Å². The third kappa shape index (κ3) is 3.85. The minimum atomic E-state index is -0.225. The SMILES string of the molecule is COc1cc(-c2nnc(SCc3ccccc3F)n2C)cc(OC)c1OC. The van der Waals surface area contributed by atoms with Crippen molar-refractivity contribution < 1.29 is 18.6 Å². The molecule has 3 aromatic rings. The molecule has 0 unspecified atom stereocenters. The van der Waals surface area contributed by atoms with Gasteiger partial charge in [-0.3, -0.25) is 0 Å². The van der Waals surface area contributed by atoms with Crippen molar-refractivity contribution in [2.45, 2.75) is 10.9 Å². The molecule has 0 aliphatic heterocycles. The minimum Gasteiger partial charge on any atom is -0.493 e. The summed E-state index contributed by atoms with van der Waals surface area (Å²) in [6, 6.07) is 10.3. The van der Waals surface area contributed by atoms with Crippen LogP contribution in [0.1, 0.15) is 5.56 Å². The van der Waals surface area contributed by atoms with E-state index in [9.17, 15) is 4.39 Å². The van der Waals surface area contributed by atoms with E-state index in [1.165, 1.54) is 17.8 Å². The Morgan fingerprint density at radius 3 is 2.26 bits per heavy atom. The molecule has 0 N–H and O–H groups in total. The van der Waals surface area contributed by atoms with Gasteiger partial charge in [0.25, 0.3) is 0 Å². The molecule has 27 heavy (non-hydrogen) atoms. The molecule has 2 aromatic carbocycles. The summed E-state index contributed by atoms with van der Waals surface area (Å²) >= 11 is 1.42. The summed E-state index contributed by atoms with van der Waals surface area (Å²) in [5, 5.41) is 9.19. The standard InChI is InChI=1S/C19H20FN3O3S/c1-23-18(13-9-15(24-2)17(26-4)16(10-13)25-3)21-22-19(23)27-11-12-7-5-6-8-14(12)20/h5-10H,11H2,1-4H3. The first-order valence-corrected chi connectivity index (χ1v) is 9.13. The van der Waals surface area contributed by atoms with Crippen LogP contribution in [-0.2, 0) is 12.8 Å². The Balaban J connectivity index is 1.90. The Hall–Kier alpha value is -2.74. The average Bonchev–Trinajstić information content (AvgIpc) is 3.06. The summed E-state index contributed by atoms with van der Waals surface area (Å²) in [6.07, 6.45) is 0. The van der Waals surface area contributed by atoms with Crippen LogP contribution in [0, 0.1) is 5.82 Å². The highest BCUT2D eigenvalue weighted by Gasteiger charge is 2.18. The molecule has 0 fully saturated rings. The van der Waals surface area contributed by atoms with Crippen LogP contribution in [0.25, 0.3) is 11.4 Å². The van der Waals surface area contributed by atoms with Gasteiger partial charge in [0.15, 0.2) is 22.5 Å². The first-order chi connectivity index (χ1) is 13.1. The second-order valence-electron chi connectivity index (χ2n) is 5.66. The predicted molar refractivity (Wildman–Crippen MR) is 102 cm³/mol. The number of rotatable bonds is 7. The Morgan fingerprint density at radius 2 is 1.67 bits per heavy atom. The highest BCUT2D eigenvalue weighted by Crippen LogP contribution is 2.41. The van der Waals surface area contributed by atoms with E-state index in [0.717, 1.165) is 5.56 Å². The Bertz CT molecular complexity index is 921. The molecule has 0 saturated heterocycles. The molecule has 142 valence electrons. The van der Waals surface area contributed by atoms with E-state index >= 15 is 0 Å². The largest absolute Gasteiger partial charge is 0.493 e. The lowest BCUT2D eigenvalue weighted by atomic mass is 10.1. The molecule has 0 radical (unpaired) electrons. The van der Waals surface area contributed by atoms with Crippen LogP contribution in [-0.4, -0.2) is 36.1 Å². The van der Waals surface area contributed by atoms with Crippen LogP contribution in [0.2, 0.25) is 0 Å². The van der Waals surface area contributed by atoms with E-state index in [1.807, 2.05) is 29.8 Å². The quantitative estimate of drug-likeness (QED) is 0.571. The third-order valence-electron chi connectivity index (χ3n) is 4.07. The van der Waals surface area contributed by atoms with E-state index in [-0.39, 0.29) is 5.82 Å². The van der Waals surface area contributed by atoms with Crippen molar-refractivity contribution in [3.05, 3.63) is 47.8 Å². The van der Waals surface area contributed by atoms with Crippen LogP contribution in [0.5, 0.6) is 17.2 Å². The summed E-state index contributed by atoms with van der Waals surface area (Å²) in [7, 11) is 6.54. The van der Waals surface area contributed by atoms with Crippen molar-refractivity contribution >= 4 is 11.8 Å². The van der Waals surface area contributed by atoms with E-state index in [4.69, 9.17) is 14.2 Å². The smallest absolute Gasteiger partial charge is 0.203 e. The van der Waals surface area contributed by atoms with Gasteiger partial charge in [0, 0.05) is 18.4 Å². The fourth-order valence-electron chi connectivity index (χ4n) is 2.66. The summed E-state index contributed by atoms with van der Waals surface area (Å²) < 4.78 is 31.8. The molecule has 1 heterocycles. The van der Waals surface area contributed by atoms with E-state index in [0.29, 0.717) is 39.5 Å². The zero-order valence-corrected chi connectivity index (χ0v) is 16.3. The number of methoxy groups -OCH3 is 3. The number of hydrogen-bond donors (Lipinski definition) is 0. The number of benzene rings is 2. The van der Waals surface area contributed by atoms with E-state index in [2.05, 4.69) is 10.2 Å². The molecule has 0 saturated carbocycles. The number of thioether (sulfide) groups is 1. The van der Waals surface area contributed by atoms with Crippen molar-refractivity contribution in [3.63, 3.8) is 0 Å². The molecular formula is C19H20FN3O3S. The van der Waals surface area contributed by atoms with Crippen molar-refractivity contribution in [2.75, 3.05) is 21.3 Å². The van der Waals surface area contributed by atoms with E-state index < -0.39 is 0 Å². The molecule has 6 nitrogen and oxygen atoms in total. The van der Waals surface area contributed by atoms with Crippen molar-refractivity contribution in [2.24, 2.45) is 7.05 Å². The van der Waals surface area contributed by atoms with Gasteiger partial charge >= 0.3 is 0 Å². The van der Waals surface area contributed by atoms with Gasteiger partial charge in [-0.2, -0.15) is 0 Å². The molecule has 3 rings (SSSR count). The molecule has 0 atom stereocenters. The number of nitrogens with zero attached hydrogens (tertiary/aromatic N) is 3. The zero-order valence-electron chi connectivity index (χ0n) is 15.5. The maximum absolute atomic E-state index is 13.8. The summed E-state index contributed by atoms with van der Waals surface area (Å²) in [4.78, 5) is 0. The second kappa shape index (κ2) is 8.30. The van der Waals surface area contributed by atoms with Crippen LogP contribution >= 0.6 is 11.8 Å². The Kier molecular flexibility index (Phi) is 5.85. The van der Waals surface area contributed by atoms with Gasteiger partial charge in [0.1, 0.15) is 5.82 Å². The summed E-state index contributed by atoms with van der Waals surface area (Å²) in [6.45, 7) is 0. The molecular weight excluding hydrogens is 369 g/mol. The maximum atomic E-state index is 13.8. The normalized spacial score (nSPS) is 10.7. The fourth-order valence-corrected chi connectivity index (χ4v) is 3.56. The van der Waals surface area contributed by atoms with Crippen LogP contribution in [0.3, 0.4) is 0 Å². The van der Waals surface area contributed by atoms with Crippen LogP contribution in [0.4, 0.5) is 4.39 Å². The van der Waals surface area contributed by atoms with E-state index in [1.54, 1.807) is 33.5 Å². The molecule has 0 aliphatic rings. The third-order valence-corrected chi connectivity index (χ3v) is 5.14. The lowest BCUT2D eigenvalue weighted by molar-refractivity contribution is 0.324. The lowest BCUT2D eigenvalue weighted by Gasteiger charge is -2.14. The van der Waals surface area contributed by atoms with Gasteiger partial charge in [-0.25, -0.2) is 4.39 Å². The van der Waals surface area contributed by atoms with Crippen LogP contribution in [0.15, 0.2) is 41.6 Å². The lowest BCUT2D eigenvalue weighted by Crippen LogP contribution is -1.99. The molecule has 8 heteroatoms. The molecule has 1 aromatic heterocycles. The first kappa shape index (κ1) is 19.0. The zero-order chi connectivity index (χ0) is 19.4. The maximum Gasteiger partial charge on any atom is 0.203 e.